The molecule has 0 spiro atoms. The van der Waals surface area contributed by atoms with Gasteiger partial charge < -0.3 is 5.32 Å². The average Bonchev–Trinajstić information content (AvgIpc) is 2.82. The number of hydrogen-bond acceptors (Lipinski definition) is 4. The molecule has 3 rings (SSSR count). The molecule has 0 aromatic carbocycles. The summed E-state index contributed by atoms with van der Waals surface area (Å²) in [4.78, 5) is 16.9. The van der Waals surface area contributed by atoms with Gasteiger partial charge in [0.05, 0.1) is 0 Å². The third-order valence-corrected chi connectivity index (χ3v) is 6.41. The van der Waals surface area contributed by atoms with Gasteiger partial charge in [-0.2, -0.15) is 0 Å². The Bertz CT molecular complexity index is 704. The molecule has 156 valence electrons. The zero-order valence-electron chi connectivity index (χ0n) is 15.5. The molecule has 2 aliphatic rings. The van der Waals surface area contributed by atoms with Crippen molar-refractivity contribution in [2.45, 2.75) is 68.2 Å². The number of anilines is 1. The van der Waals surface area contributed by atoms with Crippen LogP contribution in [-0.4, -0.2) is 22.7 Å². The van der Waals surface area contributed by atoms with Crippen LogP contribution >= 0.6 is 11.9 Å². The van der Waals surface area contributed by atoms with Crippen LogP contribution in [0.25, 0.3) is 0 Å². The van der Waals surface area contributed by atoms with E-state index < -0.39 is 30.1 Å². The number of hydrogen-bond donors (Lipinski definition) is 2. The minimum absolute atomic E-state index is 0.132. The Morgan fingerprint density at radius 2 is 1.89 bits per heavy atom. The van der Waals surface area contributed by atoms with E-state index in [0.717, 1.165) is 11.9 Å². The van der Waals surface area contributed by atoms with Crippen molar-refractivity contribution in [3.05, 3.63) is 18.3 Å². The fourth-order valence-corrected chi connectivity index (χ4v) is 4.83. The second-order valence-corrected chi connectivity index (χ2v) is 8.56. The number of carbonyl (C=O) groups excluding carboxylic acids is 1. The van der Waals surface area contributed by atoms with Gasteiger partial charge in [-0.15, -0.1) is 0 Å². The minimum Gasteiger partial charge on any atom is -0.326 e. The number of carbonyl (C=O) groups is 1. The summed E-state index contributed by atoms with van der Waals surface area (Å²) in [6, 6.07) is 3.14. The van der Waals surface area contributed by atoms with E-state index >= 15 is 0 Å². The van der Waals surface area contributed by atoms with Crippen molar-refractivity contribution in [1.29, 1.82) is 0 Å². The molecule has 0 radical (unpaired) electrons. The number of nitrogens with zero attached hydrogens (tertiary/aromatic N) is 1. The maximum atomic E-state index is 14.1. The van der Waals surface area contributed by atoms with Gasteiger partial charge in [-0.25, -0.2) is 22.5 Å². The van der Waals surface area contributed by atoms with Crippen LogP contribution < -0.4 is 10.5 Å². The van der Waals surface area contributed by atoms with E-state index in [2.05, 4.69) is 10.3 Å². The molecular formula is C19H25F4N3OS. The number of alkyl halides is 4. The van der Waals surface area contributed by atoms with Crippen molar-refractivity contribution in [3.63, 3.8) is 0 Å². The quantitative estimate of drug-likeness (QED) is 0.397. The summed E-state index contributed by atoms with van der Waals surface area (Å²) in [6.45, 7) is 0. The first-order chi connectivity index (χ1) is 13.2. The van der Waals surface area contributed by atoms with E-state index in [4.69, 9.17) is 5.14 Å². The third kappa shape index (κ3) is 5.37. The second kappa shape index (κ2) is 8.57. The number of nitrogens with one attached hydrogen (secondary N) is 1. The summed E-state index contributed by atoms with van der Waals surface area (Å²) in [7, 11) is 0. The molecule has 3 atom stereocenters. The molecule has 4 nitrogen and oxygen atoms in total. The monoisotopic (exact) mass is 419 g/mol. The van der Waals surface area contributed by atoms with Gasteiger partial charge in [-0.3, -0.25) is 9.93 Å². The molecule has 0 bridgehead atoms. The molecular weight excluding hydrogens is 394 g/mol. The van der Waals surface area contributed by atoms with Crippen LogP contribution in [0, 0.1) is 17.8 Å². The highest BCUT2D eigenvalue weighted by Crippen LogP contribution is 2.48. The first-order valence-corrected chi connectivity index (χ1v) is 10.5. The smallest absolute Gasteiger partial charge is 0.248 e. The fourth-order valence-electron chi connectivity index (χ4n) is 4.51. The standard InChI is InChI=1S/C19H25F4N3OS/c20-18(21)6-1-2-12(3-7-18)14-4-8-19(22,23)11-15(14)17(27)26-13-5-9-25-16(10-13)28-24/h5,9-10,12,14-15H,1-4,6-8,11,24H2,(H,25,26,27)/t12?,14?,15-/m1/s1. The van der Waals surface area contributed by atoms with Crippen LogP contribution in [0.4, 0.5) is 23.2 Å². The summed E-state index contributed by atoms with van der Waals surface area (Å²) < 4.78 is 55.6. The molecule has 3 N–H and O–H groups in total. The summed E-state index contributed by atoms with van der Waals surface area (Å²) in [5.41, 5.74) is 0.438. The van der Waals surface area contributed by atoms with Gasteiger partial charge in [0.15, 0.2) is 0 Å². The lowest BCUT2D eigenvalue weighted by Crippen LogP contribution is -2.42. The Labute approximate surface area is 166 Å². The lowest BCUT2D eigenvalue weighted by Gasteiger charge is -2.39. The molecule has 0 aliphatic heterocycles. The van der Waals surface area contributed by atoms with Gasteiger partial charge in [-0.1, -0.05) is 0 Å². The topological polar surface area (TPSA) is 68.0 Å². The van der Waals surface area contributed by atoms with E-state index in [1.165, 1.54) is 6.20 Å². The number of amides is 1. The Balaban J connectivity index is 1.76. The van der Waals surface area contributed by atoms with E-state index in [9.17, 15) is 22.4 Å². The Morgan fingerprint density at radius 3 is 2.64 bits per heavy atom. The van der Waals surface area contributed by atoms with Crippen LogP contribution in [0.5, 0.6) is 0 Å². The number of pyridine rings is 1. The lowest BCUT2D eigenvalue weighted by atomic mass is 9.68. The van der Waals surface area contributed by atoms with Gasteiger partial charge in [0.1, 0.15) is 5.03 Å². The predicted octanol–water partition coefficient (Wildman–Crippen LogP) is 5.25. The Hall–Kier alpha value is -1.35. The van der Waals surface area contributed by atoms with Gasteiger partial charge in [0.2, 0.25) is 17.8 Å². The summed E-state index contributed by atoms with van der Waals surface area (Å²) >= 11 is 0.917. The van der Waals surface area contributed by atoms with Gasteiger partial charge in [-0.05, 0) is 61.6 Å². The lowest BCUT2D eigenvalue weighted by molar-refractivity contribution is -0.134. The minimum atomic E-state index is -2.91. The molecule has 1 aromatic rings. The summed E-state index contributed by atoms with van der Waals surface area (Å²) in [5, 5.41) is 8.66. The third-order valence-electron chi connectivity index (χ3n) is 5.94. The van der Waals surface area contributed by atoms with Crippen molar-refractivity contribution in [3.8, 4) is 0 Å². The van der Waals surface area contributed by atoms with Crippen molar-refractivity contribution in [2.75, 3.05) is 5.32 Å². The van der Waals surface area contributed by atoms with E-state index in [1.54, 1.807) is 12.1 Å². The zero-order chi connectivity index (χ0) is 20.4. The molecule has 2 unspecified atom stereocenters. The molecule has 2 aliphatic carbocycles. The molecule has 1 aromatic heterocycles. The highest BCUT2D eigenvalue weighted by atomic mass is 32.2. The second-order valence-electron chi connectivity index (χ2n) is 7.91. The number of halogens is 4. The normalized spacial score (nSPS) is 29.7. The molecule has 28 heavy (non-hydrogen) atoms. The highest BCUT2D eigenvalue weighted by Gasteiger charge is 2.47. The predicted molar refractivity (Wildman–Crippen MR) is 100 cm³/mol. The van der Waals surface area contributed by atoms with Gasteiger partial charge in [0, 0.05) is 43.5 Å². The van der Waals surface area contributed by atoms with E-state index in [-0.39, 0.29) is 43.9 Å². The molecule has 0 saturated heterocycles. The maximum Gasteiger partial charge on any atom is 0.248 e. The molecule has 2 fully saturated rings. The van der Waals surface area contributed by atoms with Crippen molar-refractivity contribution >= 4 is 23.5 Å². The number of rotatable bonds is 4. The molecule has 1 heterocycles. The average molecular weight is 419 g/mol. The van der Waals surface area contributed by atoms with Gasteiger partial charge >= 0.3 is 0 Å². The van der Waals surface area contributed by atoms with Crippen molar-refractivity contribution < 1.29 is 22.4 Å². The van der Waals surface area contributed by atoms with Crippen LogP contribution in [0.1, 0.15) is 51.4 Å². The molecule has 1 amide bonds. The number of nitrogens with two attached hydrogens (primary N) is 1. The number of aromatic nitrogens is 1. The van der Waals surface area contributed by atoms with Crippen LogP contribution in [0.15, 0.2) is 23.4 Å². The zero-order valence-corrected chi connectivity index (χ0v) is 16.3. The molecule has 2 saturated carbocycles. The Morgan fingerprint density at radius 1 is 1.14 bits per heavy atom. The molecule has 9 heteroatoms. The first-order valence-electron chi connectivity index (χ1n) is 9.58. The summed E-state index contributed by atoms with van der Waals surface area (Å²) in [6.07, 6.45) is 1.61. The summed E-state index contributed by atoms with van der Waals surface area (Å²) in [5.74, 6) is -7.43. The largest absolute Gasteiger partial charge is 0.326 e. The van der Waals surface area contributed by atoms with E-state index in [1.807, 2.05) is 0 Å². The fraction of sp³-hybridized carbons (Fsp3) is 0.684. The van der Waals surface area contributed by atoms with E-state index in [0.29, 0.717) is 23.6 Å². The SMILES string of the molecule is NSc1cc(NC(=O)[C@@H]2CC(F)(F)CCC2C2CCCC(F)(F)CC2)ccn1. The first kappa shape index (κ1) is 21.4. The highest BCUT2D eigenvalue weighted by molar-refractivity contribution is 7.97. The maximum absolute atomic E-state index is 14.1. The van der Waals surface area contributed by atoms with Crippen LogP contribution in [0.3, 0.4) is 0 Å². The van der Waals surface area contributed by atoms with Gasteiger partial charge in [0.25, 0.3) is 0 Å². The van der Waals surface area contributed by atoms with Crippen molar-refractivity contribution in [2.24, 2.45) is 22.9 Å². The Kier molecular flexibility index (Phi) is 6.54. The van der Waals surface area contributed by atoms with Crippen LogP contribution in [-0.2, 0) is 4.79 Å². The van der Waals surface area contributed by atoms with Crippen molar-refractivity contribution in [1.82, 2.24) is 4.98 Å². The van der Waals surface area contributed by atoms with Crippen LogP contribution in [0.2, 0.25) is 0 Å².